The van der Waals surface area contributed by atoms with E-state index in [2.05, 4.69) is 5.43 Å². The average molecular weight is 253 g/mol. The third kappa shape index (κ3) is 3.28. The maximum atomic E-state index is 11.8. The molecule has 1 aliphatic heterocycles. The highest BCUT2D eigenvalue weighted by Gasteiger charge is 2.18. The van der Waals surface area contributed by atoms with Crippen LogP contribution in [0.3, 0.4) is 0 Å². The molecule has 0 aliphatic carbocycles. The quantitative estimate of drug-likeness (QED) is 0.871. The van der Waals surface area contributed by atoms with E-state index in [-0.39, 0.29) is 11.7 Å². The molecule has 0 spiro atoms. The van der Waals surface area contributed by atoms with Crippen molar-refractivity contribution in [2.75, 3.05) is 13.1 Å². The number of rotatable bonds is 2. The summed E-state index contributed by atoms with van der Waals surface area (Å²) in [5.41, 5.74) is 3.34. The number of piperidine rings is 1. The van der Waals surface area contributed by atoms with Crippen LogP contribution in [0.25, 0.3) is 0 Å². The summed E-state index contributed by atoms with van der Waals surface area (Å²) in [6, 6.07) is 6.70. The van der Waals surface area contributed by atoms with Gasteiger partial charge in [0.2, 0.25) is 0 Å². The number of carbonyl (C=O) groups excluding carboxylic acids is 2. The van der Waals surface area contributed by atoms with Crippen LogP contribution < -0.4 is 5.43 Å². The molecule has 0 unspecified atom stereocenters. The van der Waals surface area contributed by atoms with Crippen molar-refractivity contribution in [2.24, 2.45) is 0 Å². The third-order valence-corrected chi connectivity index (χ3v) is 2.94. The van der Waals surface area contributed by atoms with E-state index in [4.69, 9.17) is 11.6 Å². The Morgan fingerprint density at radius 1 is 1.18 bits per heavy atom. The molecule has 1 saturated heterocycles. The van der Waals surface area contributed by atoms with Crippen molar-refractivity contribution in [1.29, 1.82) is 0 Å². The number of ketones is 1. The Labute approximate surface area is 105 Å². The smallest absolute Gasteiger partial charge is 0.265 e. The molecule has 1 aromatic carbocycles. The highest BCUT2D eigenvalue weighted by molar-refractivity contribution is 6.30. The largest absolute Gasteiger partial charge is 0.300 e. The minimum Gasteiger partial charge on any atom is -0.300 e. The number of carbonyl (C=O) groups is 2. The molecule has 1 N–H and O–H groups in total. The van der Waals surface area contributed by atoms with Gasteiger partial charge in [0.25, 0.3) is 5.91 Å². The zero-order valence-corrected chi connectivity index (χ0v) is 10.0. The summed E-state index contributed by atoms with van der Waals surface area (Å²) >= 11 is 5.74. The molecule has 4 nitrogen and oxygen atoms in total. The molecule has 0 aromatic heterocycles. The van der Waals surface area contributed by atoms with Crippen LogP contribution in [0.5, 0.6) is 0 Å². The van der Waals surface area contributed by atoms with Gasteiger partial charge >= 0.3 is 0 Å². The van der Waals surface area contributed by atoms with Crippen molar-refractivity contribution in [1.82, 2.24) is 10.4 Å². The molecule has 1 amide bonds. The molecule has 0 atom stereocenters. The Bertz CT molecular complexity index is 421. The van der Waals surface area contributed by atoms with Crippen molar-refractivity contribution in [2.45, 2.75) is 12.8 Å². The fourth-order valence-electron chi connectivity index (χ4n) is 1.68. The van der Waals surface area contributed by atoms with E-state index in [0.717, 1.165) is 0 Å². The Morgan fingerprint density at radius 2 is 1.76 bits per heavy atom. The molecule has 90 valence electrons. The molecule has 0 bridgehead atoms. The second-order valence-electron chi connectivity index (χ2n) is 3.97. The van der Waals surface area contributed by atoms with Crippen molar-refractivity contribution in [3.8, 4) is 0 Å². The van der Waals surface area contributed by atoms with E-state index >= 15 is 0 Å². The third-order valence-electron chi connectivity index (χ3n) is 2.69. The van der Waals surface area contributed by atoms with Gasteiger partial charge in [0.15, 0.2) is 0 Å². The predicted molar refractivity (Wildman–Crippen MR) is 64.7 cm³/mol. The number of benzene rings is 1. The fraction of sp³-hybridized carbons (Fsp3) is 0.333. The van der Waals surface area contributed by atoms with Gasteiger partial charge in [-0.1, -0.05) is 11.6 Å². The second-order valence-corrected chi connectivity index (χ2v) is 4.41. The minimum atomic E-state index is -0.170. The Balaban J connectivity index is 1.93. The molecule has 1 heterocycles. The first kappa shape index (κ1) is 12.1. The Morgan fingerprint density at radius 3 is 2.35 bits per heavy atom. The van der Waals surface area contributed by atoms with Crippen molar-refractivity contribution < 1.29 is 9.59 Å². The van der Waals surface area contributed by atoms with E-state index in [1.54, 1.807) is 29.3 Å². The lowest BCUT2D eigenvalue weighted by Gasteiger charge is -2.26. The summed E-state index contributed by atoms with van der Waals surface area (Å²) in [4.78, 5) is 22.9. The van der Waals surface area contributed by atoms with E-state index < -0.39 is 0 Å². The van der Waals surface area contributed by atoms with Gasteiger partial charge in [-0.2, -0.15) is 0 Å². The van der Waals surface area contributed by atoms with Gasteiger partial charge in [-0.15, -0.1) is 0 Å². The average Bonchev–Trinajstić information content (AvgIpc) is 2.33. The number of nitrogens with zero attached hydrogens (tertiary/aromatic N) is 1. The molecular formula is C12H13ClN2O2. The SMILES string of the molecule is O=C1CCN(NC(=O)c2ccc(Cl)cc2)CC1. The standard InChI is InChI=1S/C12H13ClN2O2/c13-10-3-1-9(2-4-10)12(17)14-15-7-5-11(16)6-8-15/h1-4H,5-8H2,(H,14,17). The first-order chi connectivity index (χ1) is 8.15. The molecule has 1 fully saturated rings. The maximum absolute atomic E-state index is 11.8. The zero-order chi connectivity index (χ0) is 12.3. The van der Waals surface area contributed by atoms with Crippen molar-refractivity contribution in [3.05, 3.63) is 34.9 Å². The summed E-state index contributed by atoms with van der Waals surface area (Å²) in [6.07, 6.45) is 1.00. The number of hydrazine groups is 1. The number of amides is 1. The van der Waals surface area contributed by atoms with Crippen LogP contribution in [0.4, 0.5) is 0 Å². The van der Waals surface area contributed by atoms with Crippen LogP contribution in [0, 0.1) is 0 Å². The number of halogens is 1. The van der Waals surface area contributed by atoms with Gasteiger partial charge in [-0.05, 0) is 24.3 Å². The highest BCUT2D eigenvalue weighted by Crippen LogP contribution is 2.10. The van der Waals surface area contributed by atoms with E-state index in [1.807, 2.05) is 0 Å². The number of hydrogen-bond acceptors (Lipinski definition) is 3. The van der Waals surface area contributed by atoms with Crippen molar-refractivity contribution >= 4 is 23.3 Å². The Hall–Kier alpha value is -1.39. The normalized spacial score (nSPS) is 16.9. The van der Waals surface area contributed by atoms with E-state index in [9.17, 15) is 9.59 Å². The van der Waals surface area contributed by atoms with Crippen LogP contribution in [0.2, 0.25) is 5.02 Å². The summed E-state index contributed by atoms with van der Waals surface area (Å²) in [5, 5.41) is 2.38. The zero-order valence-electron chi connectivity index (χ0n) is 9.28. The monoisotopic (exact) mass is 252 g/mol. The summed E-state index contributed by atoms with van der Waals surface area (Å²) in [6.45, 7) is 1.16. The van der Waals surface area contributed by atoms with Crippen LogP contribution in [0.15, 0.2) is 24.3 Å². The van der Waals surface area contributed by atoms with Crippen LogP contribution in [-0.4, -0.2) is 29.8 Å². The molecule has 0 saturated carbocycles. The van der Waals surface area contributed by atoms with Crippen LogP contribution in [-0.2, 0) is 4.79 Å². The molecule has 1 aliphatic rings. The van der Waals surface area contributed by atoms with Crippen molar-refractivity contribution in [3.63, 3.8) is 0 Å². The van der Waals surface area contributed by atoms with Gasteiger partial charge in [-0.25, -0.2) is 5.01 Å². The summed E-state index contributed by atoms with van der Waals surface area (Å²) in [7, 11) is 0. The highest BCUT2D eigenvalue weighted by atomic mass is 35.5. The fourth-order valence-corrected chi connectivity index (χ4v) is 1.80. The lowest BCUT2D eigenvalue weighted by Crippen LogP contribution is -2.46. The second kappa shape index (κ2) is 5.29. The minimum absolute atomic E-state index is 0.170. The lowest BCUT2D eigenvalue weighted by atomic mass is 10.1. The van der Waals surface area contributed by atoms with Crippen LogP contribution in [0.1, 0.15) is 23.2 Å². The van der Waals surface area contributed by atoms with Crippen LogP contribution >= 0.6 is 11.6 Å². The van der Waals surface area contributed by atoms with Gasteiger partial charge < -0.3 is 0 Å². The topological polar surface area (TPSA) is 49.4 Å². The van der Waals surface area contributed by atoms with Gasteiger partial charge in [0, 0.05) is 36.5 Å². The predicted octanol–water partition coefficient (Wildman–Crippen LogP) is 1.65. The van der Waals surface area contributed by atoms with Gasteiger partial charge in [0.1, 0.15) is 5.78 Å². The lowest BCUT2D eigenvalue weighted by molar-refractivity contribution is -0.121. The Kier molecular flexibility index (Phi) is 3.76. The molecular weight excluding hydrogens is 240 g/mol. The van der Waals surface area contributed by atoms with E-state index in [0.29, 0.717) is 36.5 Å². The molecule has 2 rings (SSSR count). The first-order valence-electron chi connectivity index (χ1n) is 5.48. The number of Topliss-reactive ketones (excluding diaryl/α,β-unsaturated/α-hetero) is 1. The summed E-state index contributed by atoms with van der Waals surface area (Å²) in [5.74, 6) is 0.0815. The maximum Gasteiger partial charge on any atom is 0.265 e. The molecule has 17 heavy (non-hydrogen) atoms. The molecule has 0 radical (unpaired) electrons. The van der Waals surface area contributed by atoms with Gasteiger partial charge in [0.05, 0.1) is 0 Å². The number of nitrogens with one attached hydrogen (secondary N) is 1. The summed E-state index contributed by atoms with van der Waals surface area (Å²) < 4.78 is 0. The van der Waals surface area contributed by atoms with E-state index in [1.165, 1.54) is 0 Å². The van der Waals surface area contributed by atoms with Gasteiger partial charge in [-0.3, -0.25) is 15.0 Å². The molecule has 1 aromatic rings. The number of hydrogen-bond donors (Lipinski definition) is 1. The first-order valence-corrected chi connectivity index (χ1v) is 5.86. The molecule has 5 heteroatoms.